The summed E-state index contributed by atoms with van der Waals surface area (Å²) >= 11 is 1.48. The molecule has 23 heavy (non-hydrogen) atoms. The fraction of sp³-hybridized carbons (Fsp3) is 0.353. The van der Waals surface area contributed by atoms with Crippen molar-refractivity contribution in [1.29, 1.82) is 0 Å². The van der Waals surface area contributed by atoms with Crippen LogP contribution in [0.5, 0.6) is 0 Å². The second-order valence-corrected chi connectivity index (χ2v) is 6.71. The molecule has 2 aromatic rings. The van der Waals surface area contributed by atoms with Gasteiger partial charge in [-0.15, -0.1) is 11.3 Å². The van der Waals surface area contributed by atoms with Gasteiger partial charge in [-0.1, -0.05) is 32.9 Å². The number of carboxylic acid groups (broad SMARTS) is 1. The van der Waals surface area contributed by atoms with Crippen LogP contribution in [0.15, 0.2) is 29.6 Å². The van der Waals surface area contributed by atoms with E-state index in [9.17, 15) is 9.59 Å². The quantitative estimate of drug-likeness (QED) is 0.843. The molecule has 0 saturated heterocycles. The van der Waals surface area contributed by atoms with Gasteiger partial charge in [-0.3, -0.25) is 9.59 Å². The van der Waals surface area contributed by atoms with Gasteiger partial charge in [0.25, 0.3) is 5.91 Å². The van der Waals surface area contributed by atoms with E-state index in [2.05, 4.69) is 10.3 Å². The largest absolute Gasteiger partial charge is 0.481 e. The number of thiazole rings is 1. The average molecular weight is 332 g/mol. The number of rotatable bonds is 6. The summed E-state index contributed by atoms with van der Waals surface area (Å²) in [6.45, 7) is 5.75. The molecular formula is C17H20N2O3S. The lowest BCUT2D eigenvalue weighted by molar-refractivity contribution is -0.141. The first kappa shape index (κ1) is 17.1. The topological polar surface area (TPSA) is 79.3 Å². The first-order valence-corrected chi connectivity index (χ1v) is 8.33. The van der Waals surface area contributed by atoms with E-state index in [-0.39, 0.29) is 5.91 Å². The van der Waals surface area contributed by atoms with Crippen LogP contribution < -0.4 is 5.32 Å². The third-order valence-corrected chi connectivity index (χ3v) is 4.57. The zero-order valence-electron chi connectivity index (χ0n) is 13.4. The molecule has 0 bridgehead atoms. The number of nitrogens with one attached hydrogen (secondary N) is 1. The number of carbonyl (C=O) groups is 2. The normalized spacial score (nSPS) is 12.2. The summed E-state index contributed by atoms with van der Waals surface area (Å²) in [5, 5.41) is 14.4. The highest BCUT2D eigenvalue weighted by Crippen LogP contribution is 2.20. The number of carboxylic acids is 1. The number of aliphatic carboxylic acids is 1. The average Bonchev–Trinajstić information content (AvgIpc) is 2.99. The van der Waals surface area contributed by atoms with Gasteiger partial charge in [-0.2, -0.15) is 0 Å². The van der Waals surface area contributed by atoms with E-state index < -0.39 is 11.9 Å². The minimum atomic E-state index is -0.813. The molecular weight excluding hydrogens is 312 g/mol. The summed E-state index contributed by atoms with van der Waals surface area (Å²) in [7, 11) is 0. The summed E-state index contributed by atoms with van der Waals surface area (Å²) in [6, 6.07) is 7.21. The lowest BCUT2D eigenvalue weighted by Crippen LogP contribution is -2.13. The van der Waals surface area contributed by atoms with Crippen molar-refractivity contribution >= 4 is 28.9 Å². The molecule has 2 rings (SSSR count). The number of hydrogen-bond acceptors (Lipinski definition) is 4. The van der Waals surface area contributed by atoms with Crippen molar-refractivity contribution in [2.75, 3.05) is 5.32 Å². The summed E-state index contributed by atoms with van der Waals surface area (Å²) in [5.41, 5.74) is 2.01. The van der Waals surface area contributed by atoms with Crippen LogP contribution in [-0.2, 0) is 11.2 Å². The van der Waals surface area contributed by atoms with Crippen molar-refractivity contribution in [2.45, 2.75) is 33.1 Å². The standard InChI is InChI=1S/C17H20N2O3S/c1-10(2)16-19-14(9-23-16)15(20)18-13-6-4-12(5-7-13)8-11(3)17(21)22/h4-7,9-11H,8H2,1-3H3,(H,18,20)(H,21,22). The lowest BCUT2D eigenvalue weighted by Gasteiger charge is -2.08. The number of nitrogens with zero attached hydrogens (tertiary/aromatic N) is 1. The molecule has 1 atom stereocenters. The van der Waals surface area contributed by atoms with Gasteiger partial charge in [0.05, 0.1) is 10.9 Å². The van der Waals surface area contributed by atoms with Gasteiger partial charge in [-0.25, -0.2) is 4.98 Å². The Morgan fingerprint density at radius 2 is 1.87 bits per heavy atom. The van der Waals surface area contributed by atoms with Crippen LogP contribution >= 0.6 is 11.3 Å². The van der Waals surface area contributed by atoms with Gasteiger partial charge in [-0.05, 0) is 24.1 Å². The number of amides is 1. The van der Waals surface area contributed by atoms with Gasteiger partial charge in [0.1, 0.15) is 5.69 Å². The minimum absolute atomic E-state index is 0.236. The predicted molar refractivity (Wildman–Crippen MR) is 91.1 cm³/mol. The Hall–Kier alpha value is -2.21. The lowest BCUT2D eigenvalue weighted by atomic mass is 10.0. The maximum Gasteiger partial charge on any atom is 0.306 e. The van der Waals surface area contributed by atoms with Crippen LogP contribution in [0, 0.1) is 5.92 Å². The molecule has 1 aromatic carbocycles. The van der Waals surface area contributed by atoms with Crippen molar-refractivity contribution in [2.24, 2.45) is 5.92 Å². The highest BCUT2D eigenvalue weighted by Gasteiger charge is 2.14. The Kier molecular flexibility index (Phi) is 5.50. The fourth-order valence-corrected chi connectivity index (χ4v) is 2.83. The van der Waals surface area contributed by atoms with E-state index in [1.54, 1.807) is 24.4 Å². The van der Waals surface area contributed by atoms with Crippen molar-refractivity contribution in [3.63, 3.8) is 0 Å². The molecule has 0 aliphatic carbocycles. The fourth-order valence-electron chi connectivity index (χ4n) is 2.02. The van der Waals surface area contributed by atoms with Crippen LogP contribution in [0.2, 0.25) is 0 Å². The Morgan fingerprint density at radius 3 is 2.39 bits per heavy atom. The van der Waals surface area contributed by atoms with Crippen LogP contribution in [-0.4, -0.2) is 22.0 Å². The van der Waals surface area contributed by atoms with Gasteiger partial charge < -0.3 is 10.4 Å². The highest BCUT2D eigenvalue weighted by molar-refractivity contribution is 7.09. The molecule has 1 amide bonds. The molecule has 0 fully saturated rings. The zero-order valence-corrected chi connectivity index (χ0v) is 14.2. The molecule has 1 aromatic heterocycles. The first-order valence-electron chi connectivity index (χ1n) is 7.45. The third kappa shape index (κ3) is 4.63. The third-order valence-electron chi connectivity index (χ3n) is 3.42. The zero-order chi connectivity index (χ0) is 17.0. The molecule has 122 valence electrons. The van der Waals surface area contributed by atoms with Crippen molar-refractivity contribution < 1.29 is 14.7 Å². The number of anilines is 1. The second kappa shape index (κ2) is 7.37. The number of carbonyl (C=O) groups excluding carboxylic acids is 1. The summed E-state index contributed by atoms with van der Waals surface area (Å²) in [6.07, 6.45) is 0.466. The molecule has 1 unspecified atom stereocenters. The van der Waals surface area contributed by atoms with Gasteiger partial charge in [0, 0.05) is 17.0 Å². The van der Waals surface area contributed by atoms with Crippen LogP contribution in [0.4, 0.5) is 5.69 Å². The highest BCUT2D eigenvalue weighted by atomic mass is 32.1. The smallest absolute Gasteiger partial charge is 0.306 e. The van der Waals surface area contributed by atoms with E-state index in [0.29, 0.717) is 23.7 Å². The van der Waals surface area contributed by atoms with E-state index >= 15 is 0 Å². The van der Waals surface area contributed by atoms with E-state index in [4.69, 9.17) is 5.11 Å². The molecule has 2 N–H and O–H groups in total. The van der Waals surface area contributed by atoms with Crippen molar-refractivity contribution in [3.05, 3.63) is 45.9 Å². The van der Waals surface area contributed by atoms with Crippen molar-refractivity contribution in [3.8, 4) is 0 Å². The van der Waals surface area contributed by atoms with Gasteiger partial charge in [0.15, 0.2) is 0 Å². The molecule has 0 radical (unpaired) electrons. The molecule has 0 saturated carbocycles. The predicted octanol–water partition coefficient (Wildman–Crippen LogP) is 3.78. The molecule has 1 heterocycles. The SMILES string of the molecule is CC(Cc1ccc(NC(=O)c2csc(C(C)C)n2)cc1)C(=O)O. The summed E-state index contributed by atoms with van der Waals surface area (Å²) in [5.74, 6) is -1.18. The van der Waals surface area contributed by atoms with Gasteiger partial charge >= 0.3 is 5.97 Å². The monoisotopic (exact) mass is 332 g/mol. The van der Waals surface area contributed by atoms with E-state index in [1.165, 1.54) is 11.3 Å². The summed E-state index contributed by atoms with van der Waals surface area (Å²) in [4.78, 5) is 27.3. The maximum atomic E-state index is 12.2. The Morgan fingerprint density at radius 1 is 1.22 bits per heavy atom. The molecule has 0 aliphatic heterocycles. The van der Waals surface area contributed by atoms with Gasteiger partial charge in [0.2, 0.25) is 0 Å². The minimum Gasteiger partial charge on any atom is -0.481 e. The second-order valence-electron chi connectivity index (χ2n) is 5.82. The molecule has 0 spiro atoms. The van der Waals surface area contributed by atoms with Crippen LogP contribution in [0.1, 0.15) is 47.7 Å². The van der Waals surface area contributed by atoms with Crippen LogP contribution in [0.25, 0.3) is 0 Å². The number of aromatic nitrogens is 1. The maximum absolute atomic E-state index is 12.2. The number of hydrogen-bond donors (Lipinski definition) is 2. The summed E-state index contributed by atoms with van der Waals surface area (Å²) < 4.78 is 0. The first-order chi connectivity index (χ1) is 10.9. The van der Waals surface area contributed by atoms with E-state index in [1.807, 2.05) is 26.0 Å². The van der Waals surface area contributed by atoms with Crippen molar-refractivity contribution in [1.82, 2.24) is 4.98 Å². The molecule has 5 nitrogen and oxygen atoms in total. The van der Waals surface area contributed by atoms with Crippen LogP contribution in [0.3, 0.4) is 0 Å². The van der Waals surface area contributed by atoms with E-state index in [0.717, 1.165) is 10.6 Å². The molecule has 6 heteroatoms. The Labute approximate surface area is 139 Å². The number of benzene rings is 1. The Bertz CT molecular complexity index is 692. The Balaban J connectivity index is 1.99. The molecule has 0 aliphatic rings.